The maximum atomic E-state index is 12.2. The zero-order valence-electron chi connectivity index (χ0n) is 11.3. The quantitative estimate of drug-likeness (QED) is 0.682. The average molecular weight is 313 g/mol. The molecular weight excluding hydrogens is 303 g/mol. The monoisotopic (exact) mass is 313 g/mol. The summed E-state index contributed by atoms with van der Waals surface area (Å²) < 4.78 is 40.0. The lowest BCUT2D eigenvalue weighted by atomic mass is 9.92. The Morgan fingerprint density at radius 2 is 1.91 bits per heavy atom. The molecule has 1 aliphatic heterocycles. The fourth-order valence-corrected chi connectivity index (χ4v) is 2.10. The molecule has 1 atom stereocenters. The number of nitrogens with zero attached hydrogens (tertiary/aromatic N) is 2. The van der Waals surface area contributed by atoms with Gasteiger partial charge in [0.05, 0.1) is 6.07 Å². The van der Waals surface area contributed by atoms with Crippen molar-refractivity contribution < 1.29 is 27.5 Å². The lowest BCUT2D eigenvalue weighted by Crippen LogP contribution is -2.40. The first kappa shape index (κ1) is 15.6. The van der Waals surface area contributed by atoms with Gasteiger partial charge >= 0.3 is 12.4 Å². The molecule has 1 saturated heterocycles. The second kappa shape index (κ2) is 5.22. The van der Waals surface area contributed by atoms with E-state index in [0.29, 0.717) is 0 Å². The van der Waals surface area contributed by atoms with Crippen molar-refractivity contribution in [3.8, 4) is 11.8 Å². The standard InChI is InChI=1S/C13H10F3N3O3/c1-12(10(20)19(7-6-17)11(21)18-12)8-2-4-9(5-3-8)22-13(14,15)16/h2-5H,7H2,1H3,(H,18,21). The number of imide groups is 1. The number of ether oxygens (including phenoxy) is 1. The lowest BCUT2D eigenvalue weighted by molar-refractivity contribution is -0.274. The van der Waals surface area contributed by atoms with Crippen LogP contribution < -0.4 is 10.1 Å². The van der Waals surface area contributed by atoms with E-state index in [1.807, 2.05) is 0 Å². The number of urea groups is 1. The molecule has 1 fully saturated rings. The van der Waals surface area contributed by atoms with E-state index in [0.717, 1.165) is 17.0 Å². The van der Waals surface area contributed by atoms with Crippen LogP contribution in [0.15, 0.2) is 24.3 Å². The van der Waals surface area contributed by atoms with E-state index in [1.165, 1.54) is 19.1 Å². The highest BCUT2D eigenvalue weighted by molar-refractivity contribution is 6.07. The lowest BCUT2D eigenvalue weighted by Gasteiger charge is -2.22. The van der Waals surface area contributed by atoms with Gasteiger partial charge in [0, 0.05) is 0 Å². The van der Waals surface area contributed by atoms with Crippen molar-refractivity contribution in [1.82, 2.24) is 10.2 Å². The van der Waals surface area contributed by atoms with Crippen molar-refractivity contribution in [1.29, 1.82) is 5.26 Å². The zero-order valence-corrected chi connectivity index (χ0v) is 11.3. The fourth-order valence-electron chi connectivity index (χ4n) is 2.10. The molecule has 0 aliphatic carbocycles. The average Bonchev–Trinajstić information content (AvgIpc) is 2.63. The minimum Gasteiger partial charge on any atom is -0.406 e. The van der Waals surface area contributed by atoms with Crippen molar-refractivity contribution in [3.05, 3.63) is 29.8 Å². The summed E-state index contributed by atoms with van der Waals surface area (Å²) in [6.45, 7) is 1.000. The number of amides is 3. The number of halogens is 3. The van der Waals surface area contributed by atoms with Gasteiger partial charge in [-0.05, 0) is 24.6 Å². The molecule has 6 nitrogen and oxygen atoms in total. The number of nitrogens with one attached hydrogen (secondary N) is 1. The predicted molar refractivity (Wildman–Crippen MR) is 66.3 cm³/mol. The Bertz CT molecular complexity index is 651. The molecule has 0 radical (unpaired) electrons. The minimum atomic E-state index is -4.81. The normalized spacial score (nSPS) is 21.5. The third kappa shape index (κ3) is 2.81. The fraction of sp³-hybridized carbons (Fsp3) is 0.308. The molecule has 1 heterocycles. The second-order valence-electron chi connectivity index (χ2n) is 4.68. The van der Waals surface area contributed by atoms with Gasteiger partial charge in [-0.2, -0.15) is 5.26 Å². The summed E-state index contributed by atoms with van der Waals surface area (Å²) >= 11 is 0. The molecule has 0 spiro atoms. The van der Waals surface area contributed by atoms with Crippen LogP contribution in [0.2, 0.25) is 0 Å². The summed E-state index contributed by atoms with van der Waals surface area (Å²) in [4.78, 5) is 24.6. The zero-order chi connectivity index (χ0) is 16.5. The van der Waals surface area contributed by atoms with Gasteiger partial charge < -0.3 is 10.1 Å². The van der Waals surface area contributed by atoms with Gasteiger partial charge in [-0.1, -0.05) is 12.1 Å². The van der Waals surface area contributed by atoms with Crippen LogP contribution in [0.5, 0.6) is 5.75 Å². The van der Waals surface area contributed by atoms with Crippen LogP contribution in [0, 0.1) is 11.3 Å². The summed E-state index contributed by atoms with van der Waals surface area (Å²) in [6.07, 6.45) is -4.81. The topological polar surface area (TPSA) is 82.4 Å². The SMILES string of the molecule is CC1(c2ccc(OC(F)(F)F)cc2)NC(=O)N(CC#N)C1=O. The van der Waals surface area contributed by atoms with Crippen molar-refractivity contribution >= 4 is 11.9 Å². The van der Waals surface area contributed by atoms with E-state index in [2.05, 4.69) is 10.1 Å². The number of hydrogen-bond acceptors (Lipinski definition) is 4. The van der Waals surface area contributed by atoms with Crippen molar-refractivity contribution in [2.24, 2.45) is 0 Å². The summed E-state index contributed by atoms with van der Waals surface area (Å²) in [5.74, 6) is -1.09. The van der Waals surface area contributed by atoms with Crippen LogP contribution in [0.25, 0.3) is 0 Å². The molecule has 1 N–H and O–H groups in total. The Labute approximate surface area is 123 Å². The van der Waals surface area contributed by atoms with Crippen LogP contribution in [-0.2, 0) is 10.3 Å². The van der Waals surface area contributed by atoms with E-state index in [9.17, 15) is 22.8 Å². The summed E-state index contributed by atoms with van der Waals surface area (Å²) in [7, 11) is 0. The van der Waals surface area contributed by atoms with Gasteiger partial charge in [0.25, 0.3) is 5.91 Å². The van der Waals surface area contributed by atoms with E-state index in [1.54, 1.807) is 6.07 Å². The Hall–Kier alpha value is -2.76. The summed E-state index contributed by atoms with van der Waals surface area (Å²) in [5, 5.41) is 11.0. The molecule has 1 unspecified atom stereocenters. The van der Waals surface area contributed by atoms with Gasteiger partial charge in [-0.15, -0.1) is 13.2 Å². The van der Waals surface area contributed by atoms with Crippen molar-refractivity contribution in [2.75, 3.05) is 6.54 Å². The number of nitriles is 1. The van der Waals surface area contributed by atoms with E-state index < -0.39 is 36.1 Å². The molecule has 0 bridgehead atoms. The van der Waals surface area contributed by atoms with Gasteiger partial charge in [-0.25, -0.2) is 9.69 Å². The molecule has 1 aromatic rings. The van der Waals surface area contributed by atoms with Crippen LogP contribution in [0.1, 0.15) is 12.5 Å². The molecule has 9 heteroatoms. The molecule has 116 valence electrons. The smallest absolute Gasteiger partial charge is 0.406 e. The Morgan fingerprint density at radius 1 is 1.32 bits per heavy atom. The molecule has 1 aromatic carbocycles. The Morgan fingerprint density at radius 3 is 2.41 bits per heavy atom. The third-order valence-corrected chi connectivity index (χ3v) is 3.17. The molecule has 1 aliphatic rings. The number of carbonyl (C=O) groups is 2. The molecule has 2 rings (SSSR count). The number of hydrogen-bond donors (Lipinski definition) is 1. The summed E-state index contributed by atoms with van der Waals surface area (Å²) in [6, 6.07) is 5.54. The first-order valence-corrected chi connectivity index (χ1v) is 6.05. The van der Waals surface area contributed by atoms with Crippen molar-refractivity contribution in [2.45, 2.75) is 18.8 Å². The Balaban J connectivity index is 2.26. The molecule has 3 amide bonds. The van der Waals surface area contributed by atoms with Crippen LogP contribution in [0.3, 0.4) is 0 Å². The predicted octanol–water partition coefficient (Wildman–Crippen LogP) is 1.88. The highest BCUT2D eigenvalue weighted by Gasteiger charge is 2.48. The maximum Gasteiger partial charge on any atom is 0.573 e. The van der Waals surface area contributed by atoms with Gasteiger partial charge in [0.15, 0.2) is 0 Å². The molecular formula is C13H10F3N3O3. The second-order valence-corrected chi connectivity index (χ2v) is 4.68. The number of rotatable bonds is 3. The van der Waals surface area contributed by atoms with Gasteiger partial charge in [0.2, 0.25) is 0 Å². The first-order valence-electron chi connectivity index (χ1n) is 6.05. The van der Waals surface area contributed by atoms with Gasteiger partial charge in [-0.3, -0.25) is 4.79 Å². The first-order chi connectivity index (χ1) is 10.2. The van der Waals surface area contributed by atoms with E-state index >= 15 is 0 Å². The maximum absolute atomic E-state index is 12.2. The minimum absolute atomic E-state index is 0.279. The third-order valence-electron chi connectivity index (χ3n) is 3.17. The van der Waals surface area contributed by atoms with Crippen LogP contribution in [0.4, 0.5) is 18.0 Å². The van der Waals surface area contributed by atoms with Gasteiger partial charge in [0.1, 0.15) is 17.8 Å². The highest BCUT2D eigenvalue weighted by Crippen LogP contribution is 2.31. The molecule has 0 aromatic heterocycles. The Kier molecular flexibility index (Phi) is 3.70. The van der Waals surface area contributed by atoms with E-state index in [-0.39, 0.29) is 5.56 Å². The highest BCUT2D eigenvalue weighted by atomic mass is 19.4. The van der Waals surface area contributed by atoms with Crippen LogP contribution in [-0.4, -0.2) is 29.7 Å². The van der Waals surface area contributed by atoms with Crippen molar-refractivity contribution in [3.63, 3.8) is 0 Å². The molecule has 0 saturated carbocycles. The summed E-state index contributed by atoms with van der Waals surface area (Å²) in [5.41, 5.74) is -1.16. The largest absolute Gasteiger partial charge is 0.573 e. The number of benzene rings is 1. The van der Waals surface area contributed by atoms with Crippen LogP contribution >= 0.6 is 0 Å². The number of carbonyl (C=O) groups excluding carboxylic acids is 2. The number of alkyl halides is 3. The molecule has 22 heavy (non-hydrogen) atoms. The van der Waals surface area contributed by atoms with E-state index in [4.69, 9.17) is 5.26 Å².